The van der Waals surface area contributed by atoms with Crippen molar-refractivity contribution in [2.45, 2.75) is 52.4 Å². The molecule has 2 heterocycles. The molecule has 4 atom stereocenters. The summed E-state index contributed by atoms with van der Waals surface area (Å²) in [5.74, 6) is 1.50. The van der Waals surface area contributed by atoms with Gasteiger partial charge in [0.25, 0.3) is 0 Å². The highest BCUT2D eigenvalue weighted by Crippen LogP contribution is 2.69. The summed E-state index contributed by atoms with van der Waals surface area (Å²) in [5, 5.41) is 6.22. The van der Waals surface area contributed by atoms with Gasteiger partial charge in [0.1, 0.15) is 12.6 Å². The van der Waals surface area contributed by atoms with E-state index in [1.807, 2.05) is 6.33 Å². The Morgan fingerprint density at radius 2 is 1.88 bits per heavy atom. The highest BCUT2D eigenvalue weighted by Gasteiger charge is 2.70. The molecule has 4 unspecified atom stereocenters. The molecular weight excluding hydrogens is 393 g/mol. The maximum absolute atomic E-state index is 6.40. The van der Waals surface area contributed by atoms with Crippen LogP contribution in [0.2, 0.25) is 15.1 Å². The van der Waals surface area contributed by atoms with Gasteiger partial charge in [0.2, 0.25) is 6.33 Å². The summed E-state index contributed by atoms with van der Waals surface area (Å²) in [6, 6.07) is 3.69. The molecule has 1 aliphatic heterocycles. The number of hydrogen-bond donors (Lipinski definition) is 0. The molecule has 5 rings (SSSR count). The Hall–Kier alpha value is -0.810. The zero-order valence-electron chi connectivity index (χ0n) is 15.0. The molecule has 2 aliphatic carbocycles. The third-order valence-corrected chi connectivity index (χ3v) is 8.20. The molecule has 26 heavy (non-hydrogen) atoms. The minimum atomic E-state index is 0.199. The molecule has 0 N–H and O–H groups in total. The molecule has 2 bridgehead atoms. The van der Waals surface area contributed by atoms with Crippen LogP contribution in [0, 0.1) is 16.7 Å². The first kappa shape index (κ1) is 17.3. The molecule has 0 saturated heterocycles. The molecule has 0 radical (unpaired) electrons. The van der Waals surface area contributed by atoms with Gasteiger partial charge in [-0.15, -0.1) is 0 Å². The van der Waals surface area contributed by atoms with E-state index in [9.17, 15) is 0 Å². The predicted octanol–water partition coefficient (Wildman–Crippen LogP) is 5.02. The first-order valence-electron chi connectivity index (χ1n) is 9.00. The number of halogens is 3. The van der Waals surface area contributed by atoms with Crippen LogP contribution in [0.25, 0.3) is 5.69 Å². The normalized spacial score (nSPS) is 34.0. The Morgan fingerprint density at radius 1 is 1.19 bits per heavy atom. The van der Waals surface area contributed by atoms with Crippen molar-refractivity contribution in [3.63, 3.8) is 0 Å². The maximum atomic E-state index is 6.40. The SMILES string of the molecule is CC1(C)C2CCC1(C)C1OCc3nn(-c4c(Cl)cc(Cl)cc4Cl)c[n+]3C21. The van der Waals surface area contributed by atoms with Crippen molar-refractivity contribution in [3.8, 4) is 5.69 Å². The second kappa shape index (κ2) is 5.38. The molecule has 2 aromatic rings. The van der Waals surface area contributed by atoms with E-state index in [2.05, 4.69) is 25.3 Å². The smallest absolute Gasteiger partial charge is 0.304 e. The molecule has 2 fully saturated rings. The number of nitrogens with zero attached hydrogens (tertiary/aromatic N) is 3. The molecular formula is C19H21Cl3N3O+. The molecule has 0 spiro atoms. The summed E-state index contributed by atoms with van der Waals surface area (Å²) < 4.78 is 10.4. The Labute approximate surface area is 168 Å². The number of aromatic nitrogens is 3. The Morgan fingerprint density at radius 3 is 2.58 bits per heavy atom. The van der Waals surface area contributed by atoms with E-state index < -0.39 is 0 Å². The second-order valence-corrected chi connectivity index (χ2v) is 9.86. The lowest BCUT2D eigenvalue weighted by atomic mass is 9.70. The van der Waals surface area contributed by atoms with Crippen molar-refractivity contribution in [3.05, 3.63) is 39.4 Å². The highest BCUT2D eigenvalue weighted by molar-refractivity contribution is 6.40. The van der Waals surface area contributed by atoms with Gasteiger partial charge in [-0.2, -0.15) is 0 Å². The fourth-order valence-corrected chi connectivity index (χ4v) is 6.63. The van der Waals surface area contributed by atoms with Gasteiger partial charge in [-0.05, 0) is 30.4 Å². The largest absolute Gasteiger partial charge is 0.363 e. The molecule has 0 amide bonds. The Balaban J connectivity index is 1.63. The van der Waals surface area contributed by atoms with E-state index >= 15 is 0 Å². The number of hydrogen-bond acceptors (Lipinski definition) is 2. The monoisotopic (exact) mass is 412 g/mol. The summed E-state index contributed by atoms with van der Waals surface area (Å²) in [7, 11) is 0. The van der Waals surface area contributed by atoms with E-state index in [1.165, 1.54) is 12.8 Å². The van der Waals surface area contributed by atoms with E-state index in [0.717, 1.165) is 5.82 Å². The average Bonchev–Trinajstić information content (AvgIpc) is 3.11. The van der Waals surface area contributed by atoms with Crippen molar-refractivity contribution >= 4 is 34.8 Å². The summed E-state index contributed by atoms with van der Waals surface area (Å²) in [5.41, 5.74) is 1.10. The number of rotatable bonds is 1. The van der Waals surface area contributed by atoms with E-state index in [1.54, 1.807) is 16.8 Å². The minimum absolute atomic E-state index is 0.199. The summed E-state index contributed by atoms with van der Waals surface area (Å²) in [4.78, 5) is 0. The van der Waals surface area contributed by atoms with Gasteiger partial charge >= 0.3 is 5.82 Å². The molecule has 7 heteroatoms. The third-order valence-electron chi connectivity index (χ3n) is 7.40. The van der Waals surface area contributed by atoms with E-state index in [4.69, 9.17) is 44.6 Å². The summed E-state index contributed by atoms with van der Waals surface area (Å²) in [6.07, 6.45) is 4.71. The third kappa shape index (κ3) is 2.02. The summed E-state index contributed by atoms with van der Waals surface area (Å²) in [6.45, 7) is 7.68. The lowest BCUT2D eigenvalue weighted by molar-refractivity contribution is -0.756. The first-order valence-corrected chi connectivity index (χ1v) is 10.1. The topological polar surface area (TPSA) is 30.9 Å². The zero-order chi connectivity index (χ0) is 18.4. The fourth-order valence-electron chi connectivity index (χ4n) is 5.64. The quantitative estimate of drug-likeness (QED) is 0.615. The Kier molecular flexibility index (Phi) is 3.58. The van der Waals surface area contributed by atoms with Crippen molar-refractivity contribution < 1.29 is 9.30 Å². The van der Waals surface area contributed by atoms with Gasteiger partial charge in [0, 0.05) is 21.5 Å². The second-order valence-electron chi connectivity index (χ2n) is 8.61. The maximum Gasteiger partial charge on any atom is 0.304 e. The van der Waals surface area contributed by atoms with Crippen LogP contribution >= 0.6 is 34.8 Å². The lowest BCUT2D eigenvalue weighted by Crippen LogP contribution is -2.56. The van der Waals surface area contributed by atoms with Crippen LogP contribution in [0.4, 0.5) is 0 Å². The number of ether oxygens (including phenoxy) is 1. The van der Waals surface area contributed by atoms with Crippen molar-refractivity contribution in [1.82, 2.24) is 9.78 Å². The van der Waals surface area contributed by atoms with Gasteiger partial charge in [-0.3, -0.25) is 0 Å². The predicted molar refractivity (Wildman–Crippen MR) is 101 cm³/mol. The van der Waals surface area contributed by atoms with Gasteiger partial charge in [-0.25, -0.2) is 4.57 Å². The van der Waals surface area contributed by atoms with Crippen LogP contribution in [-0.2, 0) is 11.3 Å². The van der Waals surface area contributed by atoms with Crippen LogP contribution in [-0.4, -0.2) is 15.9 Å². The highest BCUT2D eigenvalue weighted by atomic mass is 35.5. The van der Waals surface area contributed by atoms with Gasteiger partial charge in [-0.1, -0.05) is 60.3 Å². The summed E-state index contributed by atoms with van der Waals surface area (Å²) >= 11 is 18.9. The van der Waals surface area contributed by atoms with Gasteiger partial charge in [0.15, 0.2) is 5.69 Å². The minimum Gasteiger partial charge on any atom is -0.363 e. The van der Waals surface area contributed by atoms with Crippen molar-refractivity contribution in [1.29, 1.82) is 0 Å². The van der Waals surface area contributed by atoms with Crippen molar-refractivity contribution in [2.75, 3.05) is 0 Å². The fraction of sp³-hybridized carbons (Fsp3) is 0.579. The number of fused-ring (bicyclic) bond motifs is 7. The van der Waals surface area contributed by atoms with Gasteiger partial charge in [0.05, 0.1) is 16.1 Å². The van der Waals surface area contributed by atoms with E-state index in [0.29, 0.717) is 39.3 Å². The molecule has 2 saturated carbocycles. The lowest BCUT2D eigenvalue weighted by Gasteiger charge is -2.40. The Bertz CT molecular complexity index is 902. The first-order chi connectivity index (χ1) is 12.2. The van der Waals surface area contributed by atoms with Crippen LogP contribution in [0.5, 0.6) is 0 Å². The standard InChI is InChI=1S/C19H21Cl3N3O/c1-18(2)11-4-5-19(18,3)17-15(11)24-9-25(23-14(24)8-26-17)16-12(21)6-10(20)7-13(16)22/h6-7,9,11,15,17H,4-5,8H2,1-3H3/q+1. The average molecular weight is 414 g/mol. The van der Waals surface area contributed by atoms with E-state index in [-0.39, 0.29) is 16.9 Å². The molecule has 138 valence electrons. The number of benzene rings is 1. The zero-order valence-corrected chi connectivity index (χ0v) is 17.2. The molecule has 1 aromatic carbocycles. The van der Waals surface area contributed by atoms with Crippen LogP contribution in [0.1, 0.15) is 45.5 Å². The van der Waals surface area contributed by atoms with Crippen LogP contribution < -0.4 is 4.57 Å². The van der Waals surface area contributed by atoms with Crippen molar-refractivity contribution in [2.24, 2.45) is 16.7 Å². The molecule has 4 nitrogen and oxygen atoms in total. The van der Waals surface area contributed by atoms with Crippen LogP contribution in [0.15, 0.2) is 18.5 Å². The van der Waals surface area contributed by atoms with Crippen LogP contribution in [0.3, 0.4) is 0 Å². The molecule has 1 aromatic heterocycles. The molecule has 3 aliphatic rings. The van der Waals surface area contributed by atoms with Gasteiger partial charge < -0.3 is 4.74 Å².